The first-order valence-corrected chi connectivity index (χ1v) is 5.04. The molecule has 0 aliphatic heterocycles. The van der Waals surface area contributed by atoms with Crippen LogP contribution in [0.1, 0.15) is 25.0 Å². The van der Waals surface area contributed by atoms with Crippen LogP contribution < -0.4 is 0 Å². The van der Waals surface area contributed by atoms with Crippen LogP contribution >= 0.6 is 11.6 Å². The SMILES string of the molecule is CC(C)Cc1ccc(Cl)c(C(F)(F)F)c1. The van der Waals surface area contributed by atoms with E-state index in [2.05, 4.69) is 0 Å². The van der Waals surface area contributed by atoms with Crippen molar-refractivity contribution in [1.82, 2.24) is 0 Å². The summed E-state index contributed by atoms with van der Waals surface area (Å²) in [6, 6.07) is 4.07. The van der Waals surface area contributed by atoms with Gasteiger partial charge >= 0.3 is 6.18 Å². The van der Waals surface area contributed by atoms with Crippen molar-refractivity contribution >= 4 is 11.6 Å². The Morgan fingerprint density at radius 1 is 1.27 bits per heavy atom. The summed E-state index contributed by atoms with van der Waals surface area (Å²) in [5.41, 5.74) is -0.0796. The van der Waals surface area contributed by atoms with Crippen LogP contribution in [0, 0.1) is 5.92 Å². The quantitative estimate of drug-likeness (QED) is 0.706. The third kappa shape index (κ3) is 3.42. The second-order valence-corrected chi connectivity index (χ2v) is 4.32. The molecule has 0 saturated carbocycles. The molecule has 0 spiro atoms. The summed E-state index contributed by atoms with van der Waals surface area (Å²) in [6.45, 7) is 3.92. The van der Waals surface area contributed by atoms with Crippen molar-refractivity contribution in [1.29, 1.82) is 0 Å². The summed E-state index contributed by atoms with van der Waals surface area (Å²) in [7, 11) is 0. The number of alkyl halides is 3. The first-order valence-electron chi connectivity index (χ1n) is 4.66. The molecule has 0 atom stereocenters. The van der Waals surface area contributed by atoms with Crippen molar-refractivity contribution in [2.24, 2.45) is 5.92 Å². The third-order valence-electron chi connectivity index (χ3n) is 1.98. The Labute approximate surface area is 92.1 Å². The van der Waals surface area contributed by atoms with Crippen molar-refractivity contribution in [2.75, 3.05) is 0 Å². The Bertz CT molecular complexity index is 342. The van der Waals surface area contributed by atoms with Gasteiger partial charge in [-0.05, 0) is 30.0 Å². The molecule has 0 radical (unpaired) electrons. The Kier molecular flexibility index (Phi) is 3.66. The highest BCUT2D eigenvalue weighted by Gasteiger charge is 2.33. The van der Waals surface area contributed by atoms with E-state index in [1.54, 1.807) is 6.07 Å². The molecular weight excluding hydrogens is 225 g/mol. The standard InChI is InChI=1S/C11H12ClF3/c1-7(2)5-8-3-4-10(12)9(6-8)11(13,14)15/h3-4,6-7H,5H2,1-2H3. The Morgan fingerprint density at radius 2 is 1.87 bits per heavy atom. The summed E-state index contributed by atoms with van der Waals surface area (Å²) < 4.78 is 37.4. The fraction of sp³-hybridized carbons (Fsp3) is 0.455. The highest BCUT2D eigenvalue weighted by atomic mass is 35.5. The summed E-state index contributed by atoms with van der Waals surface area (Å²) in [5, 5.41) is -0.241. The molecular formula is C11H12ClF3. The Hall–Kier alpha value is -0.700. The number of rotatable bonds is 2. The minimum Gasteiger partial charge on any atom is -0.166 e. The maximum Gasteiger partial charge on any atom is 0.417 e. The van der Waals surface area contributed by atoms with Gasteiger partial charge in [0.05, 0.1) is 10.6 Å². The van der Waals surface area contributed by atoms with Crippen LogP contribution in [0.3, 0.4) is 0 Å². The molecule has 0 amide bonds. The minimum atomic E-state index is -4.37. The molecule has 0 aromatic heterocycles. The van der Waals surface area contributed by atoms with Crippen LogP contribution in [-0.2, 0) is 12.6 Å². The minimum absolute atomic E-state index is 0.241. The number of benzene rings is 1. The van der Waals surface area contributed by atoms with E-state index >= 15 is 0 Å². The normalized spacial score (nSPS) is 12.2. The van der Waals surface area contributed by atoms with Gasteiger partial charge < -0.3 is 0 Å². The molecule has 84 valence electrons. The fourth-order valence-electron chi connectivity index (χ4n) is 1.39. The fourth-order valence-corrected chi connectivity index (χ4v) is 1.61. The van der Waals surface area contributed by atoms with E-state index in [0.717, 1.165) is 6.07 Å². The van der Waals surface area contributed by atoms with Crippen LogP contribution in [0.15, 0.2) is 18.2 Å². The van der Waals surface area contributed by atoms with Crippen LogP contribution in [0.5, 0.6) is 0 Å². The van der Waals surface area contributed by atoms with Gasteiger partial charge in [-0.25, -0.2) is 0 Å². The number of hydrogen-bond acceptors (Lipinski definition) is 0. The highest BCUT2D eigenvalue weighted by molar-refractivity contribution is 6.31. The summed E-state index contributed by atoms with van der Waals surface area (Å²) >= 11 is 5.50. The molecule has 0 bridgehead atoms. The van der Waals surface area contributed by atoms with E-state index in [4.69, 9.17) is 11.6 Å². The average molecular weight is 237 g/mol. The van der Waals surface area contributed by atoms with Crippen molar-refractivity contribution in [3.63, 3.8) is 0 Å². The van der Waals surface area contributed by atoms with Gasteiger partial charge in [0.15, 0.2) is 0 Å². The second-order valence-electron chi connectivity index (χ2n) is 3.91. The molecule has 15 heavy (non-hydrogen) atoms. The molecule has 1 aromatic rings. The van der Waals surface area contributed by atoms with E-state index < -0.39 is 11.7 Å². The van der Waals surface area contributed by atoms with Gasteiger partial charge in [0.1, 0.15) is 0 Å². The van der Waals surface area contributed by atoms with E-state index in [1.165, 1.54) is 6.07 Å². The lowest BCUT2D eigenvalue weighted by atomic mass is 10.0. The summed E-state index contributed by atoms with van der Waals surface area (Å²) in [6.07, 6.45) is -3.75. The molecule has 0 heterocycles. The molecule has 0 unspecified atom stereocenters. The van der Waals surface area contributed by atoms with Crippen molar-refractivity contribution < 1.29 is 13.2 Å². The summed E-state index contributed by atoms with van der Waals surface area (Å²) in [4.78, 5) is 0. The van der Waals surface area contributed by atoms with Crippen LogP contribution in [0.2, 0.25) is 5.02 Å². The summed E-state index contributed by atoms with van der Waals surface area (Å²) in [5.74, 6) is 0.326. The van der Waals surface area contributed by atoms with E-state index in [1.807, 2.05) is 13.8 Å². The molecule has 0 saturated heterocycles. The predicted octanol–water partition coefficient (Wildman–Crippen LogP) is 4.56. The molecule has 1 rings (SSSR count). The zero-order chi connectivity index (χ0) is 11.6. The van der Waals surface area contributed by atoms with E-state index in [-0.39, 0.29) is 5.02 Å². The van der Waals surface area contributed by atoms with Crippen LogP contribution in [0.4, 0.5) is 13.2 Å². The first kappa shape index (κ1) is 12.4. The lowest BCUT2D eigenvalue weighted by molar-refractivity contribution is -0.137. The molecule has 0 N–H and O–H groups in total. The van der Waals surface area contributed by atoms with Crippen molar-refractivity contribution in [3.8, 4) is 0 Å². The maximum atomic E-state index is 12.5. The molecule has 0 aliphatic rings. The number of hydrogen-bond donors (Lipinski definition) is 0. The van der Waals surface area contributed by atoms with Crippen molar-refractivity contribution in [3.05, 3.63) is 34.3 Å². The zero-order valence-electron chi connectivity index (χ0n) is 8.53. The second kappa shape index (κ2) is 4.44. The first-order chi connectivity index (χ1) is 6.80. The Morgan fingerprint density at radius 3 is 2.33 bits per heavy atom. The zero-order valence-corrected chi connectivity index (χ0v) is 9.28. The highest BCUT2D eigenvalue weighted by Crippen LogP contribution is 2.35. The van der Waals surface area contributed by atoms with Crippen LogP contribution in [-0.4, -0.2) is 0 Å². The molecule has 1 aromatic carbocycles. The predicted molar refractivity (Wildman–Crippen MR) is 55.0 cm³/mol. The van der Waals surface area contributed by atoms with Gasteiger partial charge in [0.2, 0.25) is 0 Å². The van der Waals surface area contributed by atoms with E-state index in [0.29, 0.717) is 17.9 Å². The molecule has 4 heteroatoms. The molecule has 0 aliphatic carbocycles. The topological polar surface area (TPSA) is 0 Å². The maximum absolute atomic E-state index is 12.5. The number of halogens is 4. The van der Waals surface area contributed by atoms with Gasteiger partial charge in [-0.2, -0.15) is 13.2 Å². The smallest absolute Gasteiger partial charge is 0.166 e. The average Bonchev–Trinajstić information content (AvgIpc) is 2.05. The van der Waals surface area contributed by atoms with Crippen molar-refractivity contribution in [2.45, 2.75) is 26.4 Å². The van der Waals surface area contributed by atoms with Gasteiger partial charge in [-0.1, -0.05) is 31.5 Å². The third-order valence-corrected chi connectivity index (χ3v) is 2.31. The van der Waals surface area contributed by atoms with Gasteiger partial charge in [0.25, 0.3) is 0 Å². The lowest BCUT2D eigenvalue weighted by Gasteiger charge is -2.11. The molecule has 0 fully saturated rings. The lowest BCUT2D eigenvalue weighted by Crippen LogP contribution is -2.07. The van der Waals surface area contributed by atoms with Gasteiger partial charge in [0, 0.05) is 0 Å². The van der Waals surface area contributed by atoms with Gasteiger partial charge in [-0.3, -0.25) is 0 Å². The Balaban J connectivity index is 3.06. The monoisotopic (exact) mass is 236 g/mol. The van der Waals surface area contributed by atoms with Crippen LogP contribution in [0.25, 0.3) is 0 Å². The van der Waals surface area contributed by atoms with E-state index in [9.17, 15) is 13.2 Å². The molecule has 0 nitrogen and oxygen atoms in total. The van der Waals surface area contributed by atoms with Gasteiger partial charge in [-0.15, -0.1) is 0 Å². The largest absolute Gasteiger partial charge is 0.417 e.